The van der Waals surface area contributed by atoms with Crippen LogP contribution < -0.4 is 10.6 Å². The molecule has 2 N–H and O–H groups in total. The largest absolute Gasteiger partial charge is 0.453 e. The number of rotatable bonds is 3. The predicted molar refractivity (Wildman–Crippen MR) is 98.8 cm³/mol. The van der Waals surface area contributed by atoms with Crippen LogP contribution in [0.4, 0.5) is 29.2 Å². The quantitative estimate of drug-likeness (QED) is 0.633. The fraction of sp³-hybridized carbons (Fsp3) is 0.158. The highest BCUT2D eigenvalue weighted by Crippen LogP contribution is 2.37. The molecule has 3 heterocycles. The van der Waals surface area contributed by atoms with Crippen molar-refractivity contribution in [3.63, 3.8) is 0 Å². The van der Waals surface area contributed by atoms with E-state index in [1.165, 1.54) is 36.7 Å². The fourth-order valence-corrected chi connectivity index (χ4v) is 3.14. The van der Waals surface area contributed by atoms with Crippen LogP contribution in [0.2, 0.25) is 0 Å². The molecule has 7 nitrogen and oxygen atoms in total. The van der Waals surface area contributed by atoms with Crippen molar-refractivity contribution in [3.8, 4) is 0 Å². The lowest BCUT2D eigenvalue weighted by Gasteiger charge is -2.28. The maximum atomic E-state index is 13.2. The van der Waals surface area contributed by atoms with E-state index in [1.807, 2.05) is 0 Å². The Bertz CT molecular complexity index is 1120. The first kappa shape index (κ1) is 19.6. The number of aromatic nitrogens is 4. The van der Waals surface area contributed by atoms with Gasteiger partial charge in [-0.3, -0.25) is 9.78 Å². The van der Waals surface area contributed by atoms with Crippen molar-refractivity contribution < 1.29 is 22.4 Å². The van der Waals surface area contributed by atoms with E-state index in [1.54, 1.807) is 19.1 Å². The summed E-state index contributed by atoms with van der Waals surface area (Å²) < 4.78 is 53.7. The number of anilines is 2. The molecule has 1 aromatic carbocycles. The van der Waals surface area contributed by atoms with E-state index < -0.39 is 29.8 Å². The van der Waals surface area contributed by atoms with E-state index in [2.05, 4.69) is 25.7 Å². The van der Waals surface area contributed by atoms with Crippen molar-refractivity contribution in [2.24, 2.45) is 0 Å². The van der Waals surface area contributed by atoms with E-state index in [9.17, 15) is 22.4 Å². The Morgan fingerprint density at radius 2 is 1.93 bits per heavy atom. The minimum absolute atomic E-state index is 0.124. The molecule has 0 bridgehead atoms. The molecule has 3 aromatic rings. The summed E-state index contributed by atoms with van der Waals surface area (Å²) in [7, 11) is 0. The molecule has 0 aliphatic carbocycles. The minimum atomic E-state index is -4.75. The molecule has 1 aliphatic heterocycles. The van der Waals surface area contributed by atoms with E-state index in [0.29, 0.717) is 16.9 Å². The van der Waals surface area contributed by atoms with E-state index in [4.69, 9.17) is 0 Å². The molecule has 1 atom stereocenters. The number of pyridine rings is 1. The van der Waals surface area contributed by atoms with Gasteiger partial charge in [-0.1, -0.05) is 6.07 Å². The molecule has 154 valence electrons. The molecule has 11 heteroatoms. The summed E-state index contributed by atoms with van der Waals surface area (Å²) in [5, 5.41) is 8.93. The minimum Gasteiger partial charge on any atom is -0.328 e. The van der Waals surface area contributed by atoms with Gasteiger partial charge in [0.15, 0.2) is 0 Å². The first-order chi connectivity index (χ1) is 14.2. The zero-order valence-electron chi connectivity index (χ0n) is 15.4. The van der Waals surface area contributed by atoms with Gasteiger partial charge >= 0.3 is 6.18 Å². The van der Waals surface area contributed by atoms with Crippen molar-refractivity contribution in [3.05, 3.63) is 77.3 Å². The Morgan fingerprint density at radius 1 is 1.20 bits per heavy atom. The first-order valence-electron chi connectivity index (χ1n) is 8.72. The normalized spacial score (nSPS) is 16.1. The maximum absolute atomic E-state index is 13.2. The van der Waals surface area contributed by atoms with E-state index in [0.717, 1.165) is 4.68 Å². The predicted octanol–water partition coefficient (Wildman–Crippen LogP) is 3.76. The summed E-state index contributed by atoms with van der Waals surface area (Å²) in [6, 6.07) is 7.34. The van der Waals surface area contributed by atoms with Crippen molar-refractivity contribution in [2.45, 2.75) is 19.1 Å². The van der Waals surface area contributed by atoms with Gasteiger partial charge in [0.2, 0.25) is 5.95 Å². The van der Waals surface area contributed by atoms with Gasteiger partial charge in [-0.15, -0.1) is 5.10 Å². The van der Waals surface area contributed by atoms with Crippen molar-refractivity contribution in [1.82, 2.24) is 19.7 Å². The Hall–Kier alpha value is -3.76. The van der Waals surface area contributed by atoms with E-state index >= 15 is 0 Å². The van der Waals surface area contributed by atoms with Crippen LogP contribution in [0.15, 0.2) is 60.1 Å². The third kappa shape index (κ3) is 3.61. The summed E-state index contributed by atoms with van der Waals surface area (Å²) in [5.41, 5.74) is 1.20. The number of hydrogen-bond donors (Lipinski definition) is 2. The number of halogens is 4. The molecule has 4 rings (SSSR count). The fourth-order valence-electron chi connectivity index (χ4n) is 3.14. The molecule has 1 amide bonds. The second-order valence-electron chi connectivity index (χ2n) is 6.51. The third-order valence-electron chi connectivity index (χ3n) is 4.45. The smallest absolute Gasteiger partial charge is 0.328 e. The third-order valence-corrected chi connectivity index (χ3v) is 4.45. The Kier molecular flexibility index (Phi) is 4.72. The Morgan fingerprint density at radius 3 is 2.57 bits per heavy atom. The topological polar surface area (TPSA) is 84.7 Å². The van der Waals surface area contributed by atoms with E-state index in [-0.39, 0.29) is 11.5 Å². The van der Waals surface area contributed by atoms with Crippen molar-refractivity contribution >= 4 is 17.5 Å². The number of alkyl halides is 3. The average molecular weight is 418 g/mol. The number of amides is 1. The van der Waals surface area contributed by atoms with Crippen LogP contribution in [-0.4, -0.2) is 25.7 Å². The number of nitrogens with zero attached hydrogens (tertiary/aromatic N) is 4. The summed E-state index contributed by atoms with van der Waals surface area (Å²) in [6.45, 7) is 1.55. The zero-order chi connectivity index (χ0) is 21.5. The average Bonchev–Trinajstić information content (AvgIpc) is 3.13. The number of benzene rings is 1. The van der Waals surface area contributed by atoms with Crippen LogP contribution >= 0.6 is 0 Å². The van der Waals surface area contributed by atoms with Crippen LogP contribution in [0.1, 0.15) is 24.4 Å². The zero-order valence-corrected chi connectivity index (χ0v) is 15.4. The summed E-state index contributed by atoms with van der Waals surface area (Å²) >= 11 is 0. The Labute approximate surface area is 167 Å². The molecular weight excluding hydrogens is 404 g/mol. The van der Waals surface area contributed by atoms with Crippen LogP contribution in [0.3, 0.4) is 0 Å². The second kappa shape index (κ2) is 7.25. The first-order valence-corrected chi connectivity index (χ1v) is 8.72. The van der Waals surface area contributed by atoms with Crippen LogP contribution in [0.5, 0.6) is 0 Å². The lowest BCUT2D eigenvalue weighted by Crippen LogP contribution is -2.31. The molecule has 0 radical (unpaired) electrons. The van der Waals surface area contributed by atoms with Crippen LogP contribution in [-0.2, 0) is 11.0 Å². The summed E-state index contributed by atoms with van der Waals surface area (Å²) in [5.74, 6) is -2.53. The van der Waals surface area contributed by atoms with Gasteiger partial charge < -0.3 is 10.6 Å². The maximum Gasteiger partial charge on any atom is 0.453 e. The Balaban J connectivity index is 1.78. The monoisotopic (exact) mass is 418 g/mol. The molecule has 0 saturated carbocycles. The molecule has 2 aromatic heterocycles. The van der Waals surface area contributed by atoms with Crippen LogP contribution in [0.25, 0.3) is 0 Å². The molecule has 0 saturated heterocycles. The van der Waals surface area contributed by atoms with Crippen molar-refractivity contribution in [1.29, 1.82) is 0 Å². The standard InChI is InChI=1S/C19H14F4N6O/c1-10-14(16(30)26-13-6-4-12(20)5-7-13)15(11-3-2-8-24-9-11)29-18(25-10)27-17(28-29)19(21,22)23/h2-9,15H,1H3,(H,26,30)(H,25,27,28)/t15-/m0/s1. The molecular formula is C19H14F4N6O. The molecule has 0 unspecified atom stereocenters. The highest BCUT2D eigenvalue weighted by Gasteiger charge is 2.41. The lowest BCUT2D eigenvalue weighted by atomic mass is 9.96. The summed E-state index contributed by atoms with van der Waals surface area (Å²) in [6.07, 6.45) is -1.81. The van der Waals surface area contributed by atoms with Gasteiger partial charge in [-0.05, 0) is 42.8 Å². The van der Waals surface area contributed by atoms with Crippen molar-refractivity contribution in [2.75, 3.05) is 10.6 Å². The second-order valence-corrected chi connectivity index (χ2v) is 6.51. The molecule has 30 heavy (non-hydrogen) atoms. The van der Waals surface area contributed by atoms with Gasteiger partial charge in [-0.2, -0.15) is 18.2 Å². The van der Waals surface area contributed by atoms with Crippen LogP contribution in [0, 0.1) is 5.82 Å². The highest BCUT2D eigenvalue weighted by molar-refractivity contribution is 6.06. The lowest BCUT2D eigenvalue weighted by molar-refractivity contribution is -0.145. The number of hydrogen-bond acceptors (Lipinski definition) is 5. The summed E-state index contributed by atoms with van der Waals surface area (Å²) in [4.78, 5) is 20.6. The molecule has 0 spiro atoms. The van der Waals surface area contributed by atoms with Gasteiger partial charge in [-0.25, -0.2) is 9.07 Å². The highest BCUT2D eigenvalue weighted by atomic mass is 19.4. The number of fused-ring (bicyclic) bond motifs is 1. The molecule has 0 fully saturated rings. The number of carbonyl (C=O) groups is 1. The van der Waals surface area contributed by atoms with Gasteiger partial charge in [0.1, 0.15) is 11.9 Å². The van der Waals surface area contributed by atoms with Gasteiger partial charge in [0.05, 0.1) is 5.57 Å². The van der Waals surface area contributed by atoms with Gasteiger partial charge in [0.25, 0.3) is 11.7 Å². The number of carbonyl (C=O) groups excluding carboxylic acids is 1. The SMILES string of the molecule is CC1=C(C(=O)Nc2ccc(F)cc2)[C@H](c2cccnc2)n2nc(C(F)(F)F)nc2N1. The number of nitrogens with one attached hydrogen (secondary N) is 2. The number of allylic oxidation sites excluding steroid dienone is 1. The van der Waals surface area contributed by atoms with Gasteiger partial charge in [0, 0.05) is 23.8 Å². The molecule has 1 aliphatic rings.